The SMILES string of the molecule is CC(C)C1=C(Cl)CCC(F)=C1. The lowest BCUT2D eigenvalue weighted by Crippen LogP contribution is -1.99. The van der Waals surface area contributed by atoms with Gasteiger partial charge in [0.1, 0.15) is 5.83 Å². The highest BCUT2D eigenvalue weighted by atomic mass is 35.5. The number of halogens is 2. The van der Waals surface area contributed by atoms with Crippen LogP contribution >= 0.6 is 11.6 Å². The minimum absolute atomic E-state index is 0.0434. The maximum Gasteiger partial charge on any atom is 0.101 e. The minimum Gasteiger partial charge on any atom is -0.212 e. The zero-order chi connectivity index (χ0) is 8.43. The van der Waals surface area contributed by atoms with E-state index >= 15 is 0 Å². The summed E-state index contributed by atoms with van der Waals surface area (Å²) in [6.45, 7) is 4.04. The Hall–Kier alpha value is -0.300. The van der Waals surface area contributed by atoms with Gasteiger partial charge in [-0.1, -0.05) is 25.4 Å². The smallest absolute Gasteiger partial charge is 0.101 e. The van der Waals surface area contributed by atoms with Crippen molar-refractivity contribution < 1.29 is 4.39 Å². The van der Waals surface area contributed by atoms with Gasteiger partial charge >= 0.3 is 0 Å². The van der Waals surface area contributed by atoms with E-state index in [0.717, 1.165) is 10.6 Å². The van der Waals surface area contributed by atoms with Crippen LogP contribution in [0.4, 0.5) is 4.39 Å². The first-order valence-electron chi connectivity index (χ1n) is 3.86. The van der Waals surface area contributed by atoms with Gasteiger partial charge in [-0.15, -0.1) is 0 Å². The maximum atomic E-state index is 12.7. The molecule has 0 aromatic rings. The van der Waals surface area contributed by atoms with E-state index in [1.165, 1.54) is 0 Å². The standard InChI is InChI=1S/C9H12ClF/c1-6(2)8-5-7(11)3-4-9(8)10/h5-6H,3-4H2,1-2H3. The Morgan fingerprint density at radius 3 is 2.55 bits per heavy atom. The molecule has 0 radical (unpaired) electrons. The summed E-state index contributed by atoms with van der Waals surface area (Å²) in [5, 5.41) is 0.821. The van der Waals surface area contributed by atoms with Crippen LogP contribution in [0, 0.1) is 5.92 Å². The van der Waals surface area contributed by atoms with Crippen molar-refractivity contribution in [2.45, 2.75) is 26.7 Å². The molecule has 0 unspecified atom stereocenters. The monoisotopic (exact) mass is 174 g/mol. The van der Waals surface area contributed by atoms with Gasteiger partial charge in [-0.2, -0.15) is 0 Å². The molecule has 0 atom stereocenters. The van der Waals surface area contributed by atoms with Crippen LogP contribution in [0.2, 0.25) is 0 Å². The largest absolute Gasteiger partial charge is 0.212 e. The summed E-state index contributed by atoms with van der Waals surface area (Å²) in [5.74, 6) is 0.284. The van der Waals surface area contributed by atoms with Gasteiger partial charge in [0.25, 0.3) is 0 Å². The predicted molar refractivity (Wildman–Crippen MR) is 46.1 cm³/mol. The molecular formula is C9H12ClF. The number of hydrogen-bond donors (Lipinski definition) is 0. The zero-order valence-electron chi connectivity index (χ0n) is 6.82. The van der Waals surface area contributed by atoms with Gasteiger partial charge in [0.05, 0.1) is 0 Å². The lowest BCUT2D eigenvalue weighted by Gasteiger charge is -2.14. The highest BCUT2D eigenvalue weighted by molar-refractivity contribution is 6.30. The number of rotatable bonds is 1. The minimum atomic E-state index is -0.0434. The quantitative estimate of drug-likeness (QED) is 0.568. The van der Waals surface area contributed by atoms with E-state index in [9.17, 15) is 4.39 Å². The summed E-state index contributed by atoms with van der Waals surface area (Å²) < 4.78 is 12.7. The molecule has 11 heavy (non-hydrogen) atoms. The average molecular weight is 175 g/mol. The molecule has 2 heteroatoms. The van der Waals surface area contributed by atoms with Gasteiger partial charge in [0.15, 0.2) is 0 Å². The summed E-state index contributed by atoms with van der Waals surface area (Å²) in [7, 11) is 0. The second-order valence-corrected chi connectivity index (χ2v) is 3.56. The van der Waals surface area contributed by atoms with Gasteiger partial charge in [-0.05, 0) is 24.0 Å². The lowest BCUT2D eigenvalue weighted by molar-refractivity contribution is 0.575. The van der Waals surface area contributed by atoms with Crippen LogP contribution in [0.25, 0.3) is 0 Å². The van der Waals surface area contributed by atoms with Crippen molar-refractivity contribution in [2.24, 2.45) is 5.92 Å². The van der Waals surface area contributed by atoms with E-state index in [1.54, 1.807) is 6.08 Å². The Kier molecular flexibility index (Phi) is 2.72. The van der Waals surface area contributed by atoms with Crippen LogP contribution in [-0.2, 0) is 0 Å². The molecule has 0 saturated heterocycles. The third kappa shape index (κ3) is 2.06. The molecule has 1 rings (SSSR count). The first kappa shape index (κ1) is 8.79. The van der Waals surface area contributed by atoms with Crippen molar-refractivity contribution in [1.29, 1.82) is 0 Å². The molecule has 1 aliphatic rings. The highest BCUT2D eigenvalue weighted by Gasteiger charge is 2.13. The van der Waals surface area contributed by atoms with Crippen molar-refractivity contribution in [3.8, 4) is 0 Å². The first-order valence-corrected chi connectivity index (χ1v) is 4.23. The van der Waals surface area contributed by atoms with Crippen LogP contribution in [-0.4, -0.2) is 0 Å². The Bertz CT molecular complexity index is 214. The van der Waals surface area contributed by atoms with Crippen LogP contribution in [0.1, 0.15) is 26.7 Å². The van der Waals surface area contributed by atoms with Crippen LogP contribution in [0.15, 0.2) is 22.5 Å². The summed E-state index contributed by atoms with van der Waals surface area (Å²) in [6.07, 6.45) is 2.70. The topological polar surface area (TPSA) is 0 Å². The molecule has 0 nitrogen and oxygen atoms in total. The highest BCUT2D eigenvalue weighted by Crippen LogP contribution is 2.31. The molecule has 0 bridgehead atoms. The van der Waals surface area contributed by atoms with Crippen molar-refractivity contribution >= 4 is 11.6 Å². The normalized spacial score (nSPS) is 19.2. The molecule has 0 N–H and O–H groups in total. The Labute approximate surface area is 71.7 Å². The van der Waals surface area contributed by atoms with E-state index in [-0.39, 0.29) is 5.83 Å². The van der Waals surface area contributed by atoms with E-state index in [4.69, 9.17) is 11.6 Å². The Balaban J connectivity index is 2.89. The number of allylic oxidation sites excluding steroid dienone is 4. The van der Waals surface area contributed by atoms with Gasteiger partial charge in [-0.3, -0.25) is 0 Å². The first-order chi connectivity index (χ1) is 5.11. The van der Waals surface area contributed by atoms with E-state index in [2.05, 4.69) is 0 Å². The average Bonchev–Trinajstić information content (AvgIpc) is 1.94. The van der Waals surface area contributed by atoms with Gasteiger partial charge < -0.3 is 0 Å². The lowest BCUT2D eigenvalue weighted by atomic mass is 9.96. The van der Waals surface area contributed by atoms with E-state index in [1.807, 2.05) is 13.8 Å². The molecule has 0 heterocycles. The van der Waals surface area contributed by atoms with Crippen LogP contribution < -0.4 is 0 Å². The van der Waals surface area contributed by atoms with E-state index < -0.39 is 0 Å². The maximum absolute atomic E-state index is 12.7. The second kappa shape index (κ2) is 3.40. The fourth-order valence-electron chi connectivity index (χ4n) is 1.17. The summed E-state index contributed by atoms with van der Waals surface area (Å²) in [4.78, 5) is 0. The summed E-state index contributed by atoms with van der Waals surface area (Å²) in [6, 6.07) is 0. The van der Waals surface area contributed by atoms with Gasteiger partial charge in [0.2, 0.25) is 0 Å². The molecule has 0 aliphatic heterocycles. The molecule has 62 valence electrons. The van der Waals surface area contributed by atoms with E-state index in [0.29, 0.717) is 18.8 Å². The fourth-order valence-corrected chi connectivity index (χ4v) is 1.54. The molecule has 0 fully saturated rings. The summed E-state index contributed by atoms with van der Waals surface area (Å²) >= 11 is 5.91. The molecule has 0 spiro atoms. The summed E-state index contributed by atoms with van der Waals surface area (Å²) in [5.41, 5.74) is 0.954. The third-order valence-electron chi connectivity index (χ3n) is 1.83. The molecule has 0 aromatic carbocycles. The van der Waals surface area contributed by atoms with Gasteiger partial charge in [0, 0.05) is 11.5 Å². The third-order valence-corrected chi connectivity index (χ3v) is 2.24. The predicted octanol–water partition coefficient (Wildman–Crippen LogP) is 3.78. The van der Waals surface area contributed by atoms with Crippen molar-refractivity contribution in [3.05, 3.63) is 22.5 Å². The van der Waals surface area contributed by atoms with Crippen molar-refractivity contribution in [1.82, 2.24) is 0 Å². The molecule has 0 amide bonds. The zero-order valence-corrected chi connectivity index (χ0v) is 7.58. The fraction of sp³-hybridized carbons (Fsp3) is 0.556. The second-order valence-electron chi connectivity index (χ2n) is 3.11. The molecule has 0 aromatic heterocycles. The Morgan fingerprint density at radius 1 is 1.45 bits per heavy atom. The molecular weight excluding hydrogens is 163 g/mol. The van der Waals surface area contributed by atoms with Gasteiger partial charge in [-0.25, -0.2) is 4.39 Å². The van der Waals surface area contributed by atoms with Crippen molar-refractivity contribution in [2.75, 3.05) is 0 Å². The van der Waals surface area contributed by atoms with Crippen LogP contribution in [0.5, 0.6) is 0 Å². The van der Waals surface area contributed by atoms with Crippen molar-refractivity contribution in [3.63, 3.8) is 0 Å². The Morgan fingerprint density at radius 2 is 2.09 bits per heavy atom. The molecule has 1 aliphatic carbocycles. The number of hydrogen-bond acceptors (Lipinski definition) is 0. The molecule has 0 saturated carbocycles. The van der Waals surface area contributed by atoms with Crippen LogP contribution in [0.3, 0.4) is 0 Å².